The zero-order valence-corrected chi connectivity index (χ0v) is 33.6. The third-order valence-electron chi connectivity index (χ3n) is 12.6. The lowest BCUT2D eigenvalue weighted by Crippen LogP contribution is -2.14. The van der Waals surface area contributed by atoms with E-state index >= 15 is 0 Å². The molecule has 11 aromatic rings. The molecule has 0 radical (unpaired) electrons. The molecule has 8 aromatic carbocycles. The van der Waals surface area contributed by atoms with Gasteiger partial charge in [-0.3, -0.25) is 4.98 Å². The second-order valence-electron chi connectivity index (χ2n) is 16.0. The summed E-state index contributed by atoms with van der Waals surface area (Å²) in [5.41, 5.74) is 20.6. The third kappa shape index (κ3) is 4.93. The highest BCUT2D eigenvalue weighted by atomic mass is 15.2. The quantitative estimate of drug-likeness (QED) is 0.178. The number of fused-ring (bicyclic) bond motifs is 14. The highest BCUT2D eigenvalue weighted by Crippen LogP contribution is 2.57. The highest BCUT2D eigenvalue weighted by molar-refractivity contribution is 6.15. The number of rotatable bonds is 4. The Labute approximate surface area is 359 Å². The van der Waals surface area contributed by atoms with Crippen LogP contribution in [0.4, 0.5) is 34.1 Å². The van der Waals surface area contributed by atoms with Crippen molar-refractivity contribution in [1.29, 1.82) is 0 Å². The largest absolute Gasteiger partial charge is 0.309 e. The van der Waals surface area contributed by atoms with Crippen molar-refractivity contribution in [3.63, 3.8) is 0 Å². The van der Waals surface area contributed by atoms with Crippen LogP contribution in [0.25, 0.3) is 77.9 Å². The molecule has 62 heavy (non-hydrogen) atoms. The molecular weight excluding hydrogens is 755 g/mol. The fourth-order valence-electron chi connectivity index (χ4n) is 10.2. The summed E-state index contributed by atoms with van der Waals surface area (Å²) in [6.07, 6.45) is 3.93. The molecule has 5 heteroatoms. The zero-order valence-electron chi connectivity index (χ0n) is 33.6. The molecule has 0 atom stereocenters. The van der Waals surface area contributed by atoms with E-state index in [1.54, 1.807) is 0 Å². The van der Waals surface area contributed by atoms with E-state index in [1.165, 1.54) is 38.9 Å². The van der Waals surface area contributed by atoms with Crippen molar-refractivity contribution >= 4 is 55.9 Å². The summed E-state index contributed by atoms with van der Waals surface area (Å²) in [4.78, 5) is 9.60. The van der Waals surface area contributed by atoms with Gasteiger partial charge in [0.15, 0.2) is 0 Å². The molecule has 290 valence electrons. The first-order chi connectivity index (χ1) is 30.8. The van der Waals surface area contributed by atoms with E-state index in [0.717, 1.165) is 73.2 Å². The summed E-state index contributed by atoms with van der Waals surface area (Å²) < 4.78 is 4.86. The topological polar surface area (TPSA) is 29.2 Å². The lowest BCUT2D eigenvalue weighted by molar-refractivity contribution is 1.13. The van der Waals surface area contributed by atoms with Gasteiger partial charge in [-0.25, -0.2) is 0 Å². The predicted molar refractivity (Wildman–Crippen MR) is 256 cm³/mol. The number of aromatic nitrogens is 3. The maximum atomic E-state index is 4.69. The molecule has 2 aliphatic heterocycles. The number of benzene rings is 8. The zero-order chi connectivity index (χ0) is 40.7. The maximum absolute atomic E-state index is 4.69. The van der Waals surface area contributed by atoms with Crippen LogP contribution < -0.4 is 9.80 Å². The monoisotopic (exact) mass is 791 g/mol. The second kappa shape index (κ2) is 13.6. The SMILES string of the molecule is c1ccc(-n2c3c(c4ccccc42)-c2ccccc2N(c2cccc(N4c5ccccc5-c5c(n(-c6ccccc6)c6ccncc56)-c5ccccc54)c2)c2ccccc2-3)cc1. The van der Waals surface area contributed by atoms with Gasteiger partial charge in [0.25, 0.3) is 0 Å². The van der Waals surface area contributed by atoms with E-state index in [-0.39, 0.29) is 0 Å². The molecule has 0 unspecified atom stereocenters. The van der Waals surface area contributed by atoms with Crippen molar-refractivity contribution in [2.45, 2.75) is 0 Å². The van der Waals surface area contributed by atoms with Crippen molar-refractivity contribution in [1.82, 2.24) is 14.1 Å². The number of hydrogen-bond acceptors (Lipinski definition) is 3. The van der Waals surface area contributed by atoms with Gasteiger partial charge in [-0.1, -0.05) is 133 Å². The highest BCUT2D eigenvalue weighted by Gasteiger charge is 2.34. The first-order valence-corrected chi connectivity index (χ1v) is 21.1. The van der Waals surface area contributed by atoms with Crippen LogP contribution in [0.1, 0.15) is 0 Å². The molecular formula is C57H37N5. The van der Waals surface area contributed by atoms with Crippen molar-refractivity contribution in [2.24, 2.45) is 0 Å². The minimum Gasteiger partial charge on any atom is -0.309 e. The predicted octanol–water partition coefficient (Wildman–Crippen LogP) is 15.2. The van der Waals surface area contributed by atoms with Crippen LogP contribution >= 0.6 is 0 Å². The van der Waals surface area contributed by atoms with Crippen LogP contribution in [0.5, 0.6) is 0 Å². The molecule has 0 bridgehead atoms. The molecule has 0 saturated carbocycles. The van der Waals surface area contributed by atoms with Crippen LogP contribution in [-0.2, 0) is 0 Å². The van der Waals surface area contributed by atoms with Gasteiger partial charge in [0, 0.05) is 79.3 Å². The van der Waals surface area contributed by atoms with E-state index in [4.69, 9.17) is 0 Å². The lowest BCUT2D eigenvalue weighted by Gasteiger charge is -2.31. The third-order valence-corrected chi connectivity index (χ3v) is 12.6. The average molecular weight is 792 g/mol. The van der Waals surface area contributed by atoms with E-state index in [1.807, 2.05) is 12.4 Å². The average Bonchev–Trinajstić information content (AvgIpc) is 3.78. The smallest absolute Gasteiger partial charge is 0.0641 e. The Morgan fingerprint density at radius 3 is 1.26 bits per heavy atom. The van der Waals surface area contributed by atoms with Gasteiger partial charge in [-0.2, -0.15) is 0 Å². The van der Waals surface area contributed by atoms with Gasteiger partial charge in [-0.15, -0.1) is 0 Å². The molecule has 0 aliphatic carbocycles. The summed E-state index contributed by atoms with van der Waals surface area (Å²) in [7, 11) is 0. The van der Waals surface area contributed by atoms with Gasteiger partial charge >= 0.3 is 0 Å². The van der Waals surface area contributed by atoms with Crippen LogP contribution in [0.2, 0.25) is 0 Å². The number of anilines is 6. The molecule has 2 aliphatic rings. The molecule has 13 rings (SSSR count). The Bertz CT molecular complexity index is 3310. The van der Waals surface area contributed by atoms with Gasteiger partial charge < -0.3 is 18.9 Å². The molecule has 0 spiro atoms. The molecule has 3 aromatic heterocycles. The molecule has 0 amide bonds. The van der Waals surface area contributed by atoms with Crippen LogP contribution in [0.3, 0.4) is 0 Å². The second-order valence-corrected chi connectivity index (χ2v) is 16.0. The standard InChI is InChI=1S/C57H37N5/c1-3-18-38(19-4-1)61-50-31-14-9-26-44(50)54-42-24-7-12-29-48(42)59(51-32-15-10-27-45(51)56(54)61)40-22-17-23-41(36-40)60-49-30-13-8-25-43(49)55-47-37-58-35-34-53(47)62(39-20-5-2-6-21-39)57(55)46-28-11-16-33-52(46)60/h1-37H. The molecule has 5 nitrogen and oxygen atoms in total. The maximum Gasteiger partial charge on any atom is 0.0641 e. The minimum absolute atomic E-state index is 1.07. The summed E-state index contributed by atoms with van der Waals surface area (Å²) in [5, 5.41) is 2.34. The van der Waals surface area contributed by atoms with Crippen LogP contribution in [-0.4, -0.2) is 14.1 Å². The molecule has 0 N–H and O–H groups in total. The fraction of sp³-hybridized carbons (Fsp3) is 0. The van der Waals surface area contributed by atoms with Crippen molar-refractivity contribution in [3.05, 3.63) is 225 Å². The molecule has 5 heterocycles. The number of nitrogens with zero attached hydrogens (tertiary/aromatic N) is 5. The first-order valence-electron chi connectivity index (χ1n) is 21.1. The van der Waals surface area contributed by atoms with Gasteiger partial charge in [0.1, 0.15) is 0 Å². The van der Waals surface area contributed by atoms with Gasteiger partial charge in [0.2, 0.25) is 0 Å². The van der Waals surface area contributed by atoms with E-state index in [0.29, 0.717) is 0 Å². The Kier molecular flexibility index (Phi) is 7.54. The summed E-state index contributed by atoms with van der Waals surface area (Å²) in [5.74, 6) is 0. The lowest BCUT2D eigenvalue weighted by atomic mass is 9.98. The van der Waals surface area contributed by atoms with Crippen molar-refractivity contribution < 1.29 is 0 Å². The Morgan fingerprint density at radius 1 is 0.306 bits per heavy atom. The molecule has 0 fully saturated rings. The normalized spacial score (nSPS) is 12.5. The van der Waals surface area contributed by atoms with Gasteiger partial charge in [-0.05, 0) is 78.9 Å². The fourth-order valence-corrected chi connectivity index (χ4v) is 10.2. The molecule has 0 saturated heterocycles. The Morgan fingerprint density at radius 2 is 0.710 bits per heavy atom. The summed E-state index contributed by atoms with van der Waals surface area (Å²) in [6, 6.07) is 77.0. The van der Waals surface area contributed by atoms with E-state index in [2.05, 4.69) is 236 Å². The first kappa shape index (κ1) is 34.5. The minimum atomic E-state index is 1.07. The van der Waals surface area contributed by atoms with E-state index in [9.17, 15) is 0 Å². The van der Waals surface area contributed by atoms with Crippen LogP contribution in [0, 0.1) is 0 Å². The van der Waals surface area contributed by atoms with Crippen molar-refractivity contribution in [3.8, 4) is 56.1 Å². The number of para-hydroxylation sites is 7. The van der Waals surface area contributed by atoms with Gasteiger partial charge in [0.05, 0.1) is 45.2 Å². The number of pyridine rings is 1. The summed E-state index contributed by atoms with van der Waals surface area (Å²) in [6.45, 7) is 0. The van der Waals surface area contributed by atoms with Crippen LogP contribution in [0.15, 0.2) is 225 Å². The number of hydrogen-bond donors (Lipinski definition) is 0. The summed E-state index contributed by atoms with van der Waals surface area (Å²) >= 11 is 0. The Hall–Kier alpha value is -8.41. The van der Waals surface area contributed by atoms with Crippen molar-refractivity contribution in [2.75, 3.05) is 9.80 Å². The Balaban J connectivity index is 1.06. The van der Waals surface area contributed by atoms with E-state index < -0.39 is 0 Å².